The van der Waals surface area contributed by atoms with Gasteiger partial charge in [-0.1, -0.05) is 18.2 Å². The molecule has 0 atom stereocenters. The zero-order valence-electron chi connectivity index (χ0n) is 11.5. The van der Waals surface area contributed by atoms with Gasteiger partial charge in [0, 0.05) is 6.20 Å². The molecule has 0 saturated heterocycles. The van der Waals surface area contributed by atoms with E-state index in [9.17, 15) is 14.0 Å². The first-order valence-corrected chi connectivity index (χ1v) is 6.42. The predicted octanol–water partition coefficient (Wildman–Crippen LogP) is 0.987. The smallest absolute Gasteiger partial charge is 0.329 e. The number of halogens is 1. The van der Waals surface area contributed by atoms with E-state index in [0.29, 0.717) is 11.3 Å². The molecule has 0 aliphatic carbocycles. The molecule has 0 aliphatic rings. The lowest BCUT2D eigenvalue weighted by molar-refractivity contribution is -0.139. The first kappa shape index (κ1) is 15.3. The Kier molecular flexibility index (Phi) is 5.31. The van der Waals surface area contributed by atoms with Crippen molar-refractivity contribution >= 4 is 18.0 Å². The van der Waals surface area contributed by atoms with Crippen LogP contribution in [0.15, 0.2) is 53.8 Å². The average Bonchev–Trinajstić information content (AvgIpc) is 2.55. The van der Waals surface area contributed by atoms with Gasteiger partial charge in [0.2, 0.25) is 0 Å². The molecule has 2 aromatic rings. The summed E-state index contributed by atoms with van der Waals surface area (Å²) in [5, 5.41) is 6.04. The van der Waals surface area contributed by atoms with E-state index in [0.717, 1.165) is 0 Å². The van der Waals surface area contributed by atoms with Gasteiger partial charge in [0.15, 0.2) is 0 Å². The highest BCUT2D eigenvalue weighted by Crippen LogP contribution is 1.99. The summed E-state index contributed by atoms with van der Waals surface area (Å²) in [5.41, 5.74) is 3.32. The van der Waals surface area contributed by atoms with Gasteiger partial charge in [0.1, 0.15) is 5.82 Å². The monoisotopic (exact) mass is 300 g/mol. The third kappa shape index (κ3) is 4.78. The van der Waals surface area contributed by atoms with Crippen LogP contribution in [-0.4, -0.2) is 23.0 Å². The molecule has 1 aromatic carbocycles. The maximum absolute atomic E-state index is 12.7. The van der Waals surface area contributed by atoms with Crippen molar-refractivity contribution in [3.05, 3.63) is 65.7 Å². The predicted molar refractivity (Wildman–Crippen MR) is 78.2 cm³/mol. The number of benzene rings is 1. The molecule has 6 nitrogen and oxygen atoms in total. The summed E-state index contributed by atoms with van der Waals surface area (Å²) < 4.78 is 12.7. The van der Waals surface area contributed by atoms with Crippen molar-refractivity contribution in [3.63, 3.8) is 0 Å². The van der Waals surface area contributed by atoms with Gasteiger partial charge in [-0.2, -0.15) is 5.10 Å². The lowest BCUT2D eigenvalue weighted by Crippen LogP contribution is -2.37. The molecule has 2 rings (SSSR count). The Labute approximate surface area is 126 Å². The Balaban J connectivity index is 1.79. The topological polar surface area (TPSA) is 83.5 Å². The van der Waals surface area contributed by atoms with Gasteiger partial charge >= 0.3 is 11.8 Å². The van der Waals surface area contributed by atoms with Gasteiger partial charge in [0.05, 0.1) is 18.5 Å². The van der Waals surface area contributed by atoms with Crippen LogP contribution >= 0.6 is 0 Å². The van der Waals surface area contributed by atoms with Crippen molar-refractivity contribution in [1.29, 1.82) is 0 Å². The molecule has 1 heterocycles. The first-order chi connectivity index (χ1) is 10.6. The molecule has 0 spiro atoms. The van der Waals surface area contributed by atoms with Gasteiger partial charge < -0.3 is 5.32 Å². The molecule has 0 aliphatic heterocycles. The van der Waals surface area contributed by atoms with Crippen LogP contribution in [0.1, 0.15) is 11.3 Å². The Morgan fingerprint density at radius 2 is 1.91 bits per heavy atom. The molecule has 0 radical (unpaired) electrons. The van der Waals surface area contributed by atoms with Crippen molar-refractivity contribution in [2.75, 3.05) is 0 Å². The molecule has 0 bridgehead atoms. The molecule has 7 heteroatoms. The highest BCUT2D eigenvalue weighted by atomic mass is 19.1. The Bertz CT molecular complexity index is 672. The number of hydrazone groups is 1. The minimum Gasteiger partial charge on any atom is -0.342 e. The van der Waals surface area contributed by atoms with Gasteiger partial charge in [-0.3, -0.25) is 14.6 Å². The largest absolute Gasteiger partial charge is 0.342 e. The highest BCUT2D eigenvalue weighted by molar-refractivity contribution is 6.35. The number of nitrogens with one attached hydrogen (secondary N) is 2. The van der Waals surface area contributed by atoms with Crippen LogP contribution in [-0.2, 0) is 16.1 Å². The van der Waals surface area contributed by atoms with E-state index in [2.05, 4.69) is 20.8 Å². The first-order valence-electron chi connectivity index (χ1n) is 6.42. The molecule has 2 amide bonds. The van der Waals surface area contributed by atoms with Crippen molar-refractivity contribution in [3.8, 4) is 0 Å². The fraction of sp³-hybridized carbons (Fsp3) is 0.0667. The van der Waals surface area contributed by atoms with E-state index in [-0.39, 0.29) is 12.4 Å². The lowest BCUT2D eigenvalue weighted by atomic mass is 10.2. The number of aromatic nitrogens is 1. The maximum atomic E-state index is 12.7. The summed E-state index contributed by atoms with van der Waals surface area (Å²) >= 11 is 0. The fourth-order valence-electron chi connectivity index (χ4n) is 1.52. The van der Waals surface area contributed by atoms with Crippen molar-refractivity contribution in [1.82, 2.24) is 15.7 Å². The number of pyridine rings is 1. The molecular weight excluding hydrogens is 287 g/mol. The SMILES string of the molecule is O=C(NCc1ccccn1)C(=O)NN=Cc1ccc(F)cc1. The van der Waals surface area contributed by atoms with E-state index in [1.807, 2.05) is 0 Å². The summed E-state index contributed by atoms with van der Waals surface area (Å²) in [7, 11) is 0. The summed E-state index contributed by atoms with van der Waals surface area (Å²) in [4.78, 5) is 27.0. The van der Waals surface area contributed by atoms with Gasteiger partial charge in [-0.25, -0.2) is 9.82 Å². The maximum Gasteiger partial charge on any atom is 0.329 e. The molecule has 112 valence electrons. The average molecular weight is 300 g/mol. The van der Waals surface area contributed by atoms with E-state index in [4.69, 9.17) is 0 Å². The second kappa shape index (κ2) is 7.63. The fourth-order valence-corrected chi connectivity index (χ4v) is 1.52. The molecular formula is C15H13FN4O2. The number of carbonyl (C=O) groups is 2. The quantitative estimate of drug-likeness (QED) is 0.502. The van der Waals surface area contributed by atoms with E-state index in [1.54, 1.807) is 24.4 Å². The number of carbonyl (C=O) groups excluding carboxylic acids is 2. The van der Waals surface area contributed by atoms with Crippen molar-refractivity contribution in [2.24, 2.45) is 5.10 Å². The number of hydrogen-bond donors (Lipinski definition) is 2. The normalized spacial score (nSPS) is 10.4. The van der Waals surface area contributed by atoms with Crippen LogP contribution in [0, 0.1) is 5.82 Å². The van der Waals surface area contributed by atoms with Crippen LogP contribution in [0.2, 0.25) is 0 Å². The molecule has 0 fully saturated rings. The third-order valence-corrected chi connectivity index (χ3v) is 2.61. The Hall–Kier alpha value is -3.09. The zero-order chi connectivity index (χ0) is 15.8. The van der Waals surface area contributed by atoms with Crippen LogP contribution in [0.5, 0.6) is 0 Å². The minimum atomic E-state index is -0.894. The highest BCUT2D eigenvalue weighted by Gasteiger charge is 2.11. The van der Waals surface area contributed by atoms with Gasteiger partial charge in [-0.05, 0) is 29.8 Å². The van der Waals surface area contributed by atoms with Crippen LogP contribution in [0.4, 0.5) is 4.39 Å². The number of rotatable bonds is 4. The molecule has 0 unspecified atom stereocenters. The lowest BCUT2D eigenvalue weighted by Gasteiger charge is -2.03. The van der Waals surface area contributed by atoms with Gasteiger partial charge in [-0.15, -0.1) is 0 Å². The van der Waals surface area contributed by atoms with Crippen LogP contribution in [0.3, 0.4) is 0 Å². The number of amides is 2. The van der Waals surface area contributed by atoms with E-state index < -0.39 is 11.8 Å². The molecule has 0 saturated carbocycles. The minimum absolute atomic E-state index is 0.148. The van der Waals surface area contributed by atoms with Crippen LogP contribution < -0.4 is 10.7 Å². The van der Waals surface area contributed by atoms with E-state index in [1.165, 1.54) is 30.5 Å². The summed E-state index contributed by atoms with van der Waals surface area (Å²) in [5.74, 6) is -2.08. The molecule has 2 N–H and O–H groups in total. The van der Waals surface area contributed by atoms with E-state index >= 15 is 0 Å². The molecule has 22 heavy (non-hydrogen) atoms. The molecule has 1 aromatic heterocycles. The second-order valence-corrected chi connectivity index (χ2v) is 4.25. The van der Waals surface area contributed by atoms with Crippen molar-refractivity contribution < 1.29 is 14.0 Å². The van der Waals surface area contributed by atoms with Crippen LogP contribution in [0.25, 0.3) is 0 Å². The summed E-state index contributed by atoms with van der Waals surface area (Å²) in [6.45, 7) is 0.148. The Morgan fingerprint density at radius 1 is 1.14 bits per heavy atom. The number of hydrogen-bond acceptors (Lipinski definition) is 4. The van der Waals surface area contributed by atoms with Gasteiger partial charge in [0.25, 0.3) is 0 Å². The summed E-state index contributed by atoms with van der Waals surface area (Å²) in [6.07, 6.45) is 2.90. The zero-order valence-corrected chi connectivity index (χ0v) is 11.5. The van der Waals surface area contributed by atoms with Crippen molar-refractivity contribution in [2.45, 2.75) is 6.54 Å². The second-order valence-electron chi connectivity index (χ2n) is 4.25. The number of nitrogens with zero attached hydrogens (tertiary/aromatic N) is 2. The Morgan fingerprint density at radius 3 is 2.59 bits per heavy atom. The third-order valence-electron chi connectivity index (χ3n) is 2.61. The summed E-state index contributed by atoms with van der Waals surface area (Å²) in [6, 6.07) is 10.8. The standard InChI is InChI=1S/C15H13FN4O2/c16-12-6-4-11(5-7-12)9-19-20-15(22)14(21)18-10-13-3-1-2-8-17-13/h1-9H,10H2,(H,18,21)(H,20,22).